The number of thioether (sulfide) groups is 1. The highest BCUT2D eigenvalue weighted by atomic mass is 35.5. The summed E-state index contributed by atoms with van der Waals surface area (Å²) in [5, 5.41) is 0. The zero-order chi connectivity index (χ0) is 8.04. The maximum Gasteiger partial charge on any atom is 0.389 e. The minimum atomic E-state index is -4.01. The first-order chi connectivity index (χ1) is 4.56. The van der Waals surface area contributed by atoms with E-state index in [0.717, 1.165) is 0 Å². The molecular formula is C5H8ClF3S. The maximum atomic E-state index is 11.4. The molecule has 0 radical (unpaired) electrons. The minimum absolute atomic E-state index is 0.121. The van der Waals surface area contributed by atoms with Crippen LogP contribution in [0.4, 0.5) is 13.2 Å². The highest BCUT2D eigenvalue weighted by molar-refractivity contribution is 7.99. The lowest BCUT2D eigenvalue weighted by atomic mass is 10.5. The molecule has 0 fully saturated rings. The molecule has 62 valence electrons. The van der Waals surface area contributed by atoms with Crippen LogP contribution in [0.3, 0.4) is 0 Å². The summed E-state index contributed by atoms with van der Waals surface area (Å²) >= 11 is 6.48. The van der Waals surface area contributed by atoms with Gasteiger partial charge in [-0.15, -0.1) is 11.6 Å². The fourth-order valence-corrected chi connectivity index (χ4v) is 1.36. The summed E-state index contributed by atoms with van der Waals surface area (Å²) in [5.74, 6) is 1.14. The number of hydrogen-bond acceptors (Lipinski definition) is 1. The van der Waals surface area contributed by atoms with E-state index in [9.17, 15) is 13.2 Å². The Morgan fingerprint density at radius 1 is 1.20 bits per heavy atom. The van der Waals surface area contributed by atoms with Crippen molar-refractivity contribution in [2.24, 2.45) is 0 Å². The summed E-state index contributed by atoms with van der Waals surface area (Å²) in [4.78, 5) is 0. The van der Waals surface area contributed by atoms with Crippen molar-refractivity contribution in [3.63, 3.8) is 0 Å². The smallest absolute Gasteiger partial charge is 0.171 e. The largest absolute Gasteiger partial charge is 0.389 e. The monoisotopic (exact) mass is 192 g/mol. The molecule has 0 aromatic carbocycles. The van der Waals surface area contributed by atoms with Gasteiger partial charge in [-0.25, -0.2) is 0 Å². The lowest BCUT2D eigenvalue weighted by Crippen LogP contribution is -2.08. The zero-order valence-corrected chi connectivity index (χ0v) is 6.82. The Labute approximate surface area is 67.1 Å². The van der Waals surface area contributed by atoms with Gasteiger partial charge in [-0.2, -0.15) is 24.9 Å². The van der Waals surface area contributed by atoms with Crippen LogP contribution in [-0.4, -0.2) is 23.6 Å². The van der Waals surface area contributed by atoms with Gasteiger partial charge in [0.2, 0.25) is 0 Å². The van der Waals surface area contributed by atoms with E-state index in [1.165, 1.54) is 11.8 Å². The second-order valence-electron chi connectivity index (χ2n) is 1.67. The van der Waals surface area contributed by atoms with E-state index in [4.69, 9.17) is 11.6 Å². The van der Waals surface area contributed by atoms with Gasteiger partial charge in [0.25, 0.3) is 0 Å². The van der Waals surface area contributed by atoms with Gasteiger partial charge in [0.1, 0.15) is 0 Å². The predicted molar refractivity (Wildman–Crippen MR) is 38.7 cm³/mol. The lowest BCUT2D eigenvalue weighted by Gasteiger charge is -2.03. The van der Waals surface area contributed by atoms with E-state index in [2.05, 4.69) is 0 Å². The summed E-state index contributed by atoms with van der Waals surface area (Å²) < 4.78 is 34.3. The third kappa shape index (κ3) is 8.43. The van der Waals surface area contributed by atoms with Gasteiger partial charge in [0, 0.05) is 17.4 Å². The molecule has 0 aliphatic heterocycles. The van der Waals surface area contributed by atoms with Crippen molar-refractivity contribution < 1.29 is 13.2 Å². The second kappa shape index (κ2) is 5.13. The van der Waals surface area contributed by atoms with Crippen molar-refractivity contribution >= 4 is 23.4 Å². The number of halogens is 4. The molecule has 0 amide bonds. The van der Waals surface area contributed by atoms with Gasteiger partial charge in [-0.1, -0.05) is 0 Å². The van der Waals surface area contributed by atoms with Crippen molar-refractivity contribution in [2.75, 3.05) is 17.4 Å². The summed E-state index contributed by atoms with van der Waals surface area (Å²) in [6.07, 6.45) is -4.73. The first-order valence-corrected chi connectivity index (χ1v) is 4.45. The molecule has 0 unspecified atom stereocenters. The van der Waals surface area contributed by atoms with Crippen molar-refractivity contribution in [1.82, 2.24) is 0 Å². The molecule has 0 spiro atoms. The lowest BCUT2D eigenvalue weighted by molar-refractivity contribution is -0.129. The van der Waals surface area contributed by atoms with Crippen LogP contribution in [-0.2, 0) is 0 Å². The van der Waals surface area contributed by atoms with Gasteiger partial charge in [0.05, 0.1) is 6.42 Å². The van der Waals surface area contributed by atoms with Gasteiger partial charge in [-0.05, 0) is 0 Å². The van der Waals surface area contributed by atoms with Crippen LogP contribution < -0.4 is 0 Å². The number of rotatable bonds is 4. The molecule has 0 heterocycles. The molecule has 0 rings (SSSR count). The standard InChI is InChI=1S/C5H8ClF3S/c6-2-4-10-3-1-5(7,8)9/h1-4H2. The van der Waals surface area contributed by atoms with Crippen molar-refractivity contribution in [3.8, 4) is 0 Å². The quantitative estimate of drug-likeness (QED) is 0.488. The molecule has 0 N–H and O–H groups in total. The molecule has 10 heavy (non-hydrogen) atoms. The van der Waals surface area contributed by atoms with E-state index in [1.54, 1.807) is 0 Å². The Morgan fingerprint density at radius 2 is 1.80 bits per heavy atom. The molecule has 0 aliphatic rings. The van der Waals surface area contributed by atoms with E-state index in [-0.39, 0.29) is 5.75 Å². The highest BCUT2D eigenvalue weighted by Gasteiger charge is 2.25. The van der Waals surface area contributed by atoms with Crippen LogP contribution >= 0.6 is 23.4 Å². The predicted octanol–water partition coefficient (Wildman–Crippen LogP) is 2.91. The Bertz CT molecular complexity index is 83.5. The first-order valence-electron chi connectivity index (χ1n) is 2.77. The first kappa shape index (κ1) is 10.4. The van der Waals surface area contributed by atoms with Gasteiger partial charge >= 0.3 is 6.18 Å². The molecular weight excluding hydrogens is 185 g/mol. The van der Waals surface area contributed by atoms with Gasteiger partial charge in [0.15, 0.2) is 0 Å². The number of alkyl halides is 4. The third-order valence-corrected chi connectivity index (χ3v) is 2.15. The third-order valence-electron chi connectivity index (χ3n) is 0.751. The normalized spacial score (nSPS) is 12.0. The Hall–Kier alpha value is 0.430. The van der Waals surface area contributed by atoms with Crippen LogP contribution in [0.1, 0.15) is 6.42 Å². The van der Waals surface area contributed by atoms with Crippen molar-refractivity contribution in [3.05, 3.63) is 0 Å². The molecule has 0 saturated heterocycles. The molecule has 0 aliphatic carbocycles. The molecule has 0 saturated carbocycles. The molecule has 0 nitrogen and oxygen atoms in total. The fraction of sp³-hybridized carbons (Fsp3) is 1.00. The van der Waals surface area contributed by atoms with Crippen molar-refractivity contribution in [1.29, 1.82) is 0 Å². The molecule has 0 bridgehead atoms. The van der Waals surface area contributed by atoms with E-state index >= 15 is 0 Å². The second-order valence-corrected chi connectivity index (χ2v) is 3.27. The van der Waals surface area contributed by atoms with E-state index in [0.29, 0.717) is 11.6 Å². The Kier molecular flexibility index (Phi) is 5.35. The van der Waals surface area contributed by atoms with E-state index < -0.39 is 12.6 Å². The topological polar surface area (TPSA) is 0 Å². The summed E-state index contributed by atoms with van der Waals surface area (Å²) in [7, 11) is 0. The molecule has 5 heteroatoms. The van der Waals surface area contributed by atoms with Gasteiger partial charge < -0.3 is 0 Å². The van der Waals surface area contributed by atoms with Crippen LogP contribution in [0, 0.1) is 0 Å². The van der Waals surface area contributed by atoms with Crippen molar-refractivity contribution in [2.45, 2.75) is 12.6 Å². The minimum Gasteiger partial charge on any atom is -0.171 e. The Balaban J connectivity index is 3.04. The average Bonchev–Trinajstić information content (AvgIpc) is 1.78. The number of hydrogen-bond donors (Lipinski definition) is 0. The van der Waals surface area contributed by atoms with Gasteiger partial charge in [-0.3, -0.25) is 0 Å². The van der Waals surface area contributed by atoms with Crippen LogP contribution in [0.5, 0.6) is 0 Å². The van der Waals surface area contributed by atoms with Crippen LogP contribution in [0.2, 0.25) is 0 Å². The highest BCUT2D eigenvalue weighted by Crippen LogP contribution is 2.21. The van der Waals surface area contributed by atoms with Crippen LogP contribution in [0.25, 0.3) is 0 Å². The molecule has 0 aromatic rings. The summed E-state index contributed by atoms with van der Waals surface area (Å²) in [6.45, 7) is 0. The SMILES string of the molecule is FC(F)(F)CCSCCCl. The fourth-order valence-electron chi connectivity index (χ4n) is 0.345. The molecule has 0 atom stereocenters. The summed E-state index contributed by atoms with van der Waals surface area (Å²) in [5.41, 5.74) is 0. The average molecular weight is 193 g/mol. The molecule has 0 aromatic heterocycles. The van der Waals surface area contributed by atoms with Crippen LogP contribution in [0.15, 0.2) is 0 Å². The van der Waals surface area contributed by atoms with E-state index in [1.807, 2.05) is 0 Å². The maximum absolute atomic E-state index is 11.4. The summed E-state index contributed by atoms with van der Waals surface area (Å²) in [6, 6.07) is 0. The zero-order valence-electron chi connectivity index (χ0n) is 5.25. The Morgan fingerprint density at radius 3 is 2.20 bits per heavy atom.